The second kappa shape index (κ2) is 13.5. The Morgan fingerprint density at radius 3 is 1.65 bits per heavy atom. The molecule has 0 unspecified atom stereocenters. The molecule has 0 amide bonds. The van der Waals surface area contributed by atoms with Crippen molar-refractivity contribution in [2.75, 3.05) is 13.2 Å². The number of ether oxygens (including phenoxy) is 3. The van der Waals surface area contributed by atoms with Gasteiger partial charge in [-0.3, -0.25) is 0 Å². The van der Waals surface area contributed by atoms with Crippen LogP contribution in [0.25, 0.3) is 0 Å². The molecule has 3 aromatic carbocycles. The van der Waals surface area contributed by atoms with Gasteiger partial charge in [-0.05, 0) is 16.7 Å². The van der Waals surface area contributed by atoms with Crippen molar-refractivity contribution in [2.45, 2.75) is 32.0 Å². The van der Waals surface area contributed by atoms with Gasteiger partial charge in [0.15, 0.2) is 0 Å². The summed E-state index contributed by atoms with van der Waals surface area (Å²) >= 11 is 0. The van der Waals surface area contributed by atoms with Crippen LogP contribution in [0.2, 0.25) is 0 Å². The predicted molar refractivity (Wildman–Crippen MR) is 122 cm³/mol. The van der Waals surface area contributed by atoms with Crippen LogP contribution in [0.4, 0.5) is 0 Å². The molecule has 4 heteroatoms. The van der Waals surface area contributed by atoms with Crippen molar-refractivity contribution in [2.24, 2.45) is 0 Å². The molecule has 4 nitrogen and oxygen atoms in total. The Hall–Kier alpha value is -2.76. The number of rotatable bonds is 13. The maximum atomic E-state index is 9.30. The normalized spacial score (nSPS) is 13.3. The van der Waals surface area contributed by atoms with E-state index in [2.05, 4.69) is 0 Å². The molecular formula is C27H30O4. The highest BCUT2D eigenvalue weighted by Crippen LogP contribution is 2.15. The molecule has 0 aromatic heterocycles. The topological polar surface area (TPSA) is 47.9 Å². The lowest BCUT2D eigenvalue weighted by molar-refractivity contribution is -0.0999. The summed E-state index contributed by atoms with van der Waals surface area (Å²) in [4.78, 5) is 0. The first-order valence-electron chi connectivity index (χ1n) is 10.6. The molecule has 1 N–H and O–H groups in total. The maximum Gasteiger partial charge on any atom is 0.111 e. The van der Waals surface area contributed by atoms with Crippen LogP contribution in [-0.2, 0) is 34.0 Å². The molecule has 0 saturated heterocycles. The number of aliphatic hydroxyl groups excluding tert-OH is 1. The van der Waals surface area contributed by atoms with E-state index in [1.165, 1.54) is 0 Å². The van der Waals surface area contributed by atoms with Crippen molar-refractivity contribution in [1.29, 1.82) is 0 Å². The average Bonchev–Trinajstić information content (AvgIpc) is 2.83. The van der Waals surface area contributed by atoms with Crippen LogP contribution in [0.15, 0.2) is 103 Å². The third kappa shape index (κ3) is 8.48. The minimum atomic E-state index is -0.355. The molecule has 0 aliphatic rings. The van der Waals surface area contributed by atoms with Gasteiger partial charge in [0.2, 0.25) is 0 Å². The molecule has 0 heterocycles. The van der Waals surface area contributed by atoms with E-state index < -0.39 is 0 Å². The zero-order valence-corrected chi connectivity index (χ0v) is 17.7. The minimum Gasteiger partial charge on any atom is -0.392 e. The molecule has 0 radical (unpaired) electrons. The van der Waals surface area contributed by atoms with Gasteiger partial charge in [-0.1, -0.05) is 103 Å². The first kappa shape index (κ1) is 22.9. The molecule has 0 bridgehead atoms. The second-order valence-corrected chi connectivity index (χ2v) is 7.21. The monoisotopic (exact) mass is 418 g/mol. The van der Waals surface area contributed by atoms with Gasteiger partial charge in [-0.15, -0.1) is 0 Å². The smallest absolute Gasteiger partial charge is 0.111 e. The summed E-state index contributed by atoms with van der Waals surface area (Å²) in [5.41, 5.74) is 3.28. The number of hydrogen-bond donors (Lipinski definition) is 1. The molecule has 0 spiro atoms. The van der Waals surface area contributed by atoms with Crippen LogP contribution in [0.3, 0.4) is 0 Å². The molecule has 0 saturated carbocycles. The minimum absolute atomic E-state index is 0.0541. The van der Waals surface area contributed by atoms with Gasteiger partial charge in [0.1, 0.15) is 12.2 Å². The van der Waals surface area contributed by atoms with E-state index in [0.29, 0.717) is 26.4 Å². The van der Waals surface area contributed by atoms with E-state index in [1.54, 1.807) is 6.08 Å². The summed E-state index contributed by atoms with van der Waals surface area (Å²) in [7, 11) is 0. The van der Waals surface area contributed by atoms with Gasteiger partial charge in [-0.2, -0.15) is 0 Å². The van der Waals surface area contributed by atoms with Crippen LogP contribution in [0.1, 0.15) is 16.7 Å². The highest BCUT2D eigenvalue weighted by molar-refractivity contribution is 5.15. The molecule has 0 aliphatic carbocycles. The lowest BCUT2D eigenvalue weighted by Crippen LogP contribution is -2.34. The highest BCUT2D eigenvalue weighted by Gasteiger charge is 2.22. The molecule has 2 atom stereocenters. The fourth-order valence-corrected chi connectivity index (χ4v) is 3.13. The zero-order valence-electron chi connectivity index (χ0n) is 17.7. The van der Waals surface area contributed by atoms with Crippen LogP contribution >= 0.6 is 0 Å². The van der Waals surface area contributed by atoms with Crippen molar-refractivity contribution in [3.63, 3.8) is 0 Å². The van der Waals surface area contributed by atoms with Gasteiger partial charge in [0, 0.05) is 0 Å². The van der Waals surface area contributed by atoms with Crippen molar-refractivity contribution in [1.82, 2.24) is 0 Å². The summed E-state index contributed by atoms with van der Waals surface area (Å²) in [5.74, 6) is 0. The highest BCUT2D eigenvalue weighted by atomic mass is 16.6. The van der Waals surface area contributed by atoms with Gasteiger partial charge < -0.3 is 19.3 Å². The lowest BCUT2D eigenvalue weighted by atomic mass is 10.1. The molecule has 3 rings (SSSR count). The summed E-state index contributed by atoms with van der Waals surface area (Å²) in [6, 6.07) is 30.1. The quantitative estimate of drug-likeness (QED) is 0.400. The Morgan fingerprint density at radius 1 is 0.645 bits per heavy atom. The molecule has 3 aromatic rings. The van der Waals surface area contributed by atoms with E-state index in [9.17, 15) is 5.11 Å². The first-order chi connectivity index (χ1) is 15.3. The molecular weight excluding hydrogens is 388 g/mol. The number of aliphatic hydroxyl groups is 1. The number of hydrogen-bond acceptors (Lipinski definition) is 4. The standard InChI is InChI=1S/C27H30O4/c28-18-10-17-26(30-20-24-13-6-2-7-14-24)27(31-21-25-15-8-3-9-16-25)22-29-19-23-11-4-1-5-12-23/h1-17,26-28H,18-22H2/b17-10+/t26-,27+/m0/s1. The fourth-order valence-electron chi connectivity index (χ4n) is 3.13. The van der Waals surface area contributed by atoms with Gasteiger partial charge in [0.25, 0.3) is 0 Å². The SMILES string of the molecule is OC/C=C/[C@H](OCc1ccccc1)[C@@H](COCc1ccccc1)OCc1ccccc1. The third-order valence-corrected chi connectivity index (χ3v) is 4.78. The zero-order chi connectivity index (χ0) is 21.6. The molecule has 0 aliphatic heterocycles. The lowest BCUT2D eigenvalue weighted by Gasteiger charge is -2.26. The Bertz CT molecular complexity index is 866. The summed E-state index contributed by atoms with van der Waals surface area (Å²) in [6.45, 7) is 1.73. The van der Waals surface area contributed by atoms with E-state index in [-0.39, 0.29) is 18.8 Å². The summed E-state index contributed by atoms with van der Waals surface area (Å²) in [6.07, 6.45) is 2.86. The third-order valence-electron chi connectivity index (χ3n) is 4.78. The first-order valence-corrected chi connectivity index (χ1v) is 10.6. The Labute approximate surface area is 184 Å². The predicted octanol–water partition coefficient (Wildman–Crippen LogP) is 4.92. The largest absolute Gasteiger partial charge is 0.392 e. The van der Waals surface area contributed by atoms with Crippen LogP contribution < -0.4 is 0 Å². The Morgan fingerprint density at radius 2 is 1.13 bits per heavy atom. The molecule has 0 fully saturated rings. The fraction of sp³-hybridized carbons (Fsp3) is 0.259. The molecule has 31 heavy (non-hydrogen) atoms. The Kier molecular flexibility index (Phi) is 10.00. The maximum absolute atomic E-state index is 9.30. The number of benzene rings is 3. The van der Waals surface area contributed by atoms with Gasteiger partial charge in [-0.25, -0.2) is 0 Å². The van der Waals surface area contributed by atoms with Crippen LogP contribution in [0.5, 0.6) is 0 Å². The van der Waals surface area contributed by atoms with E-state index in [4.69, 9.17) is 14.2 Å². The summed E-state index contributed by atoms with van der Waals surface area (Å²) < 4.78 is 18.4. The van der Waals surface area contributed by atoms with Crippen molar-refractivity contribution < 1.29 is 19.3 Å². The van der Waals surface area contributed by atoms with Crippen LogP contribution in [-0.4, -0.2) is 30.5 Å². The second-order valence-electron chi connectivity index (χ2n) is 7.21. The van der Waals surface area contributed by atoms with E-state index >= 15 is 0 Å². The van der Waals surface area contributed by atoms with Crippen molar-refractivity contribution in [3.05, 3.63) is 120 Å². The van der Waals surface area contributed by atoms with Gasteiger partial charge >= 0.3 is 0 Å². The van der Waals surface area contributed by atoms with Crippen LogP contribution in [0, 0.1) is 0 Å². The average molecular weight is 419 g/mol. The Balaban J connectivity index is 1.66. The summed E-state index contributed by atoms with van der Waals surface area (Å²) in [5, 5.41) is 9.30. The van der Waals surface area contributed by atoms with E-state index in [1.807, 2.05) is 97.1 Å². The molecule has 162 valence electrons. The van der Waals surface area contributed by atoms with Gasteiger partial charge in [0.05, 0.1) is 33.0 Å². The van der Waals surface area contributed by atoms with E-state index in [0.717, 1.165) is 16.7 Å². The van der Waals surface area contributed by atoms with Crippen molar-refractivity contribution >= 4 is 0 Å². The van der Waals surface area contributed by atoms with Crippen molar-refractivity contribution in [3.8, 4) is 0 Å².